The van der Waals surface area contributed by atoms with Crippen LogP contribution in [0.25, 0.3) is 0 Å². The summed E-state index contributed by atoms with van der Waals surface area (Å²) in [4.78, 5) is 15.2. The van der Waals surface area contributed by atoms with Crippen molar-refractivity contribution in [1.82, 2.24) is 4.98 Å². The van der Waals surface area contributed by atoms with Gasteiger partial charge in [0, 0.05) is 25.4 Å². The van der Waals surface area contributed by atoms with E-state index in [1.807, 2.05) is 26.0 Å². The third-order valence-corrected chi connectivity index (χ3v) is 2.53. The maximum atomic E-state index is 11.2. The Balaban J connectivity index is 2.15. The Hall–Kier alpha value is -1.22. The van der Waals surface area contributed by atoms with Gasteiger partial charge in [0.2, 0.25) is 0 Å². The summed E-state index contributed by atoms with van der Waals surface area (Å²) in [5.41, 5.74) is 1.26. The number of rotatable bonds is 7. The van der Waals surface area contributed by atoms with Crippen LogP contribution in [0.4, 0.5) is 0 Å². The first-order valence-electron chi connectivity index (χ1n) is 5.77. The van der Waals surface area contributed by atoms with Gasteiger partial charge < -0.3 is 4.74 Å². The number of nitrogens with zero attached hydrogens (tertiary/aromatic N) is 1. The molecule has 1 aromatic heterocycles. The summed E-state index contributed by atoms with van der Waals surface area (Å²) in [6.07, 6.45) is 5.77. The average Bonchev–Trinajstić information content (AvgIpc) is 2.34. The first kappa shape index (κ1) is 12.8. The average molecular weight is 221 g/mol. The van der Waals surface area contributed by atoms with Crippen molar-refractivity contribution in [2.45, 2.75) is 39.2 Å². The molecule has 3 heteroatoms. The topological polar surface area (TPSA) is 39.2 Å². The molecule has 0 amide bonds. The standard InChI is InChI=1S/C13H19NO2/c1-3-13(15)11(2)16-10-4-5-12-6-8-14-9-7-12/h6-9,11H,3-5,10H2,1-2H3. The van der Waals surface area contributed by atoms with Gasteiger partial charge in [-0.3, -0.25) is 9.78 Å². The number of carbonyl (C=O) groups is 1. The quantitative estimate of drug-likeness (QED) is 0.664. The highest BCUT2D eigenvalue weighted by Crippen LogP contribution is 2.03. The van der Waals surface area contributed by atoms with Gasteiger partial charge in [-0.15, -0.1) is 0 Å². The van der Waals surface area contributed by atoms with Gasteiger partial charge in [0.05, 0.1) is 0 Å². The summed E-state index contributed by atoms with van der Waals surface area (Å²) < 4.78 is 5.45. The second-order valence-electron chi connectivity index (χ2n) is 3.79. The molecule has 1 heterocycles. The van der Waals surface area contributed by atoms with Crippen LogP contribution in [0, 0.1) is 0 Å². The van der Waals surface area contributed by atoms with E-state index in [2.05, 4.69) is 4.98 Å². The molecule has 0 spiro atoms. The molecule has 0 saturated carbocycles. The van der Waals surface area contributed by atoms with Crippen molar-refractivity contribution in [2.24, 2.45) is 0 Å². The van der Waals surface area contributed by atoms with E-state index in [0.717, 1.165) is 12.8 Å². The van der Waals surface area contributed by atoms with E-state index in [0.29, 0.717) is 13.0 Å². The molecule has 0 aliphatic heterocycles. The zero-order chi connectivity index (χ0) is 11.8. The van der Waals surface area contributed by atoms with Gasteiger partial charge in [0.1, 0.15) is 6.10 Å². The SMILES string of the molecule is CCC(=O)C(C)OCCCc1ccncc1. The number of ketones is 1. The molecule has 0 aliphatic rings. The van der Waals surface area contributed by atoms with E-state index in [1.54, 1.807) is 12.4 Å². The minimum atomic E-state index is -0.262. The molecule has 88 valence electrons. The molecule has 0 aromatic carbocycles. The Bertz CT molecular complexity index is 311. The summed E-state index contributed by atoms with van der Waals surface area (Å²) in [6.45, 7) is 4.31. The smallest absolute Gasteiger partial charge is 0.160 e. The fraction of sp³-hybridized carbons (Fsp3) is 0.538. The van der Waals surface area contributed by atoms with Crippen molar-refractivity contribution in [3.63, 3.8) is 0 Å². The van der Waals surface area contributed by atoms with Gasteiger partial charge in [-0.1, -0.05) is 6.92 Å². The second-order valence-corrected chi connectivity index (χ2v) is 3.79. The summed E-state index contributed by atoms with van der Waals surface area (Å²) in [6, 6.07) is 4.00. The fourth-order valence-corrected chi connectivity index (χ4v) is 1.47. The van der Waals surface area contributed by atoms with Gasteiger partial charge in [-0.05, 0) is 37.5 Å². The number of hydrogen-bond donors (Lipinski definition) is 0. The molecule has 1 unspecified atom stereocenters. The first-order valence-corrected chi connectivity index (χ1v) is 5.77. The number of carbonyl (C=O) groups excluding carboxylic acids is 1. The summed E-state index contributed by atoms with van der Waals surface area (Å²) in [5.74, 6) is 0.170. The molecule has 1 aromatic rings. The van der Waals surface area contributed by atoms with E-state index in [-0.39, 0.29) is 11.9 Å². The van der Waals surface area contributed by atoms with Gasteiger partial charge in [0.15, 0.2) is 5.78 Å². The minimum Gasteiger partial charge on any atom is -0.371 e. The Kier molecular flexibility index (Phi) is 5.72. The molecule has 0 N–H and O–H groups in total. The number of hydrogen-bond acceptors (Lipinski definition) is 3. The molecule has 3 nitrogen and oxygen atoms in total. The molecule has 1 atom stereocenters. The van der Waals surface area contributed by atoms with Crippen LogP contribution in [0.2, 0.25) is 0 Å². The van der Waals surface area contributed by atoms with Crippen LogP contribution < -0.4 is 0 Å². The molecular weight excluding hydrogens is 202 g/mol. The van der Waals surface area contributed by atoms with Crippen LogP contribution in [0.15, 0.2) is 24.5 Å². The molecule has 16 heavy (non-hydrogen) atoms. The van der Waals surface area contributed by atoms with E-state index in [4.69, 9.17) is 4.74 Å². The zero-order valence-electron chi connectivity index (χ0n) is 9.98. The van der Waals surface area contributed by atoms with Crippen molar-refractivity contribution < 1.29 is 9.53 Å². The van der Waals surface area contributed by atoms with Crippen LogP contribution in [0.3, 0.4) is 0 Å². The normalized spacial score (nSPS) is 12.4. The lowest BCUT2D eigenvalue weighted by Gasteiger charge is -2.10. The number of ether oxygens (including phenoxy) is 1. The van der Waals surface area contributed by atoms with E-state index < -0.39 is 0 Å². The van der Waals surface area contributed by atoms with Crippen LogP contribution in [0.1, 0.15) is 32.3 Å². The largest absolute Gasteiger partial charge is 0.371 e. The maximum absolute atomic E-state index is 11.2. The highest BCUT2D eigenvalue weighted by molar-refractivity contribution is 5.82. The lowest BCUT2D eigenvalue weighted by atomic mass is 10.1. The molecule has 0 radical (unpaired) electrons. The lowest BCUT2D eigenvalue weighted by Crippen LogP contribution is -2.20. The first-order chi connectivity index (χ1) is 7.74. The predicted octanol–water partition coefficient (Wildman–Crippen LogP) is 2.40. The van der Waals surface area contributed by atoms with E-state index in [1.165, 1.54) is 5.56 Å². The van der Waals surface area contributed by atoms with Gasteiger partial charge in [-0.2, -0.15) is 0 Å². The van der Waals surface area contributed by atoms with Gasteiger partial charge >= 0.3 is 0 Å². The molecule has 0 saturated heterocycles. The second kappa shape index (κ2) is 7.12. The van der Waals surface area contributed by atoms with E-state index in [9.17, 15) is 4.79 Å². The maximum Gasteiger partial charge on any atom is 0.160 e. The third kappa shape index (κ3) is 4.53. The number of Topliss-reactive ketones (excluding diaryl/α,β-unsaturated/α-hetero) is 1. The zero-order valence-corrected chi connectivity index (χ0v) is 9.98. The highest BCUT2D eigenvalue weighted by Gasteiger charge is 2.09. The minimum absolute atomic E-state index is 0.170. The fourth-order valence-electron chi connectivity index (χ4n) is 1.47. The van der Waals surface area contributed by atoms with Crippen molar-refractivity contribution in [1.29, 1.82) is 0 Å². The third-order valence-electron chi connectivity index (χ3n) is 2.53. The Labute approximate surface area is 96.8 Å². The van der Waals surface area contributed by atoms with Crippen molar-refractivity contribution in [3.05, 3.63) is 30.1 Å². The Morgan fingerprint density at radius 1 is 1.44 bits per heavy atom. The summed E-state index contributed by atoms with van der Waals surface area (Å²) in [5, 5.41) is 0. The van der Waals surface area contributed by atoms with Crippen molar-refractivity contribution >= 4 is 5.78 Å². The Morgan fingerprint density at radius 2 is 2.12 bits per heavy atom. The lowest BCUT2D eigenvalue weighted by molar-refractivity contribution is -0.129. The molecule has 1 rings (SSSR count). The van der Waals surface area contributed by atoms with Crippen LogP contribution >= 0.6 is 0 Å². The van der Waals surface area contributed by atoms with Crippen molar-refractivity contribution in [3.8, 4) is 0 Å². The highest BCUT2D eigenvalue weighted by atomic mass is 16.5. The van der Waals surface area contributed by atoms with Crippen LogP contribution in [-0.4, -0.2) is 23.5 Å². The van der Waals surface area contributed by atoms with Gasteiger partial charge in [-0.25, -0.2) is 0 Å². The summed E-state index contributed by atoms with van der Waals surface area (Å²) in [7, 11) is 0. The molecule has 0 bridgehead atoms. The number of aromatic nitrogens is 1. The van der Waals surface area contributed by atoms with Gasteiger partial charge in [0.25, 0.3) is 0 Å². The Morgan fingerprint density at radius 3 is 2.75 bits per heavy atom. The van der Waals surface area contributed by atoms with Crippen LogP contribution in [-0.2, 0) is 16.0 Å². The molecular formula is C13H19NO2. The monoisotopic (exact) mass is 221 g/mol. The van der Waals surface area contributed by atoms with Crippen LogP contribution in [0.5, 0.6) is 0 Å². The number of aryl methyl sites for hydroxylation is 1. The van der Waals surface area contributed by atoms with Crippen molar-refractivity contribution in [2.75, 3.05) is 6.61 Å². The summed E-state index contributed by atoms with van der Waals surface area (Å²) >= 11 is 0. The number of pyridine rings is 1. The predicted molar refractivity (Wildman–Crippen MR) is 63.3 cm³/mol. The molecule has 0 aliphatic carbocycles. The molecule has 0 fully saturated rings. The van der Waals surface area contributed by atoms with E-state index >= 15 is 0 Å².